The first kappa shape index (κ1) is 20.3. The molecule has 0 radical (unpaired) electrons. The van der Waals surface area contributed by atoms with Gasteiger partial charge in [-0.1, -0.05) is 29.8 Å². The summed E-state index contributed by atoms with van der Waals surface area (Å²) in [5.74, 6) is 0.0202. The molecule has 0 unspecified atom stereocenters. The third-order valence-corrected chi connectivity index (χ3v) is 6.44. The van der Waals surface area contributed by atoms with Gasteiger partial charge in [-0.25, -0.2) is 8.42 Å². The van der Waals surface area contributed by atoms with E-state index in [9.17, 15) is 13.2 Å². The normalized spacial score (nSPS) is 15.2. The van der Waals surface area contributed by atoms with Crippen LogP contribution in [0, 0.1) is 6.92 Å². The van der Waals surface area contributed by atoms with Gasteiger partial charge in [-0.2, -0.15) is 4.31 Å². The number of nitrogens with one attached hydrogen (secondary N) is 1. The van der Waals surface area contributed by atoms with Crippen molar-refractivity contribution >= 4 is 21.6 Å². The van der Waals surface area contributed by atoms with Crippen molar-refractivity contribution in [3.63, 3.8) is 0 Å². The quantitative estimate of drug-likeness (QED) is 0.798. The van der Waals surface area contributed by atoms with E-state index in [0.29, 0.717) is 18.9 Å². The Balaban J connectivity index is 1.80. The predicted octanol–water partition coefficient (Wildman–Crippen LogP) is 2.21. The molecule has 2 aromatic carbocycles. The Kier molecular flexibility index (Phi) is 6.33. The number of morpholine rings is 1. The second-order valence-electron chi connectivity index (χ2n) is 6.59. The number of carbonyl (C=O) groups is 1. The molecule has 0 spiro atoms. The van der Waals surface area contributed by atoms with Gasteiger partial charge in [0.25, 0.3) is 0 Å². The molecular weight excluding hydrogens is 380 g/mol. The standard InChI is InChI=1S/C20H24N2O5S/c1-15-3-5-16(6-4-15)13-20(23)21-17-7-8-18(26-2)19(14-17)28(24,25)22-9-11-27-12-10-22/h3-8,14H,9-13H2,1-2H3,(H,21,23). The van der Waals surface area contributed by atoms with Crippen LogP contribution in [-0.2, 0) is 26.0 Å². The van der Waals surface area contributed by atoms with Gasteiger partial charge in [-0.3, -0.25) is 4.79 Å². The molecule has 1 heterocycles. The molecule has 1 saturated heterocycles. The summed E-state index contributed by atoms with van der Waals surface area (Å²) >= 11 is 0. The van der Waals surface area contributed by atoms with E-state index in [4.69, 9.17) is 9.47 Å². The molecule has 1 amide bonds. The number of ether oxygens (including phenoxy) is 2. The number of rotatable bonds is 6. The fraction of sp³-hybridized carbons (Fsp3) is 0.350. The Morgan fingerprint density at radius 3 is 2.46 bits per heavy atom. The Morgan fingerprint density at radius 1 is 1.14 bits per heavy atom. The van der Waals surface area contributed by atoms with Crippen molar-refractivity contribution in [1.82, 2.24) is 4.31 Å². The van der Waals surface area contributed by atoms with Crippen molar-refractivity contribution < 1.29 is 22.7 Å². The summed E-state index contributed by atoms with van der Waals surface area (Å²) in [6, 6.07) is 12.3. The van der Waals surface area contributed by atoms with E-state index in [0.717, 1.165) is 11.1 Å². The zero-order chi connectivity index (χ0) is 20.1. The first-order chi connectivity index (χ1) is 13.4. The summed E-state index contributed by atoms with van der Waals surface area (Å²) < 4.78 is 37.9. The second kappa shape index (κ2) is 8.72. The van der Waals surface area contributed by atoms with Crippen LogP contribution in [0.1, 0.15) is 11.1 Å². The SMILES string of the molecule is COc1ccc(NC(=O)Cc2ccc(C)cc2)cc1S(=O)(=O)N1CCOCC1. The molecule has 1 fully saturated rings. The molecule has 0 aromatic heterocycles. The number of carbonyl (C=O) groups excluding carboxylic acids is 1. The topological polar surface area (TPSA) is 84.9 Å². The van der Waals surface area contributed by atoms with Crippen LogP contribution in [0.25, 0.3) is 0 Å². The van der Waals surface area contributed by atoms with Crippen LogP contribution in [0.5, 0.6) is 5.75 Å². The molecule has 1 aliphatic heterocycles. The zero-order valence-electron chi connectivity index (χ0n) is 16.0. The van der Waals surface area contributed by atoms with E-state index in [1.807, 2.05) is 31.2 Å². The highest BCUT2D eigenvalue weighted by molar-refractivity contribution is 7.89. The van der Waals surface area contributed by atoms with Gasteiger partial charge in [0.1, 0.15) is 10.6 Å². The first-order valence-electron chi connectivity index (χ1n) is 9.01. The summed E-state index contributed by atoms with van der Waals surface area (Å²) in [7, 11) is -2.33. The number of sulfonamides is 1. The molecule has 1 N–H and O–H groups in total. The molecule has 0 atom stereocenters. The number of hydrogen-bond acceptors (Lipinski definition) is 5. The lowest BCUT2D eigenvalue weighted by Gasteiger charge is -2.26. The maximum Gasteiger partial charge on any atom is 0.246 e. The van der Waals surface area contributed by atoms with Gasteiger partial charge < -0.3 is 14.8 Å². The highest BCUT2D eigenvalue weighted by atomic mass is 32.2. The van der Waals surface area contributed by atoms with Crippen LogP contribution in [0.2, 0.25) is 0 Å². The van der Waals surface area contributed by atoms with Gasteiger partial charge in [-0.05, 0) is 30.7 Å². The molecule has 7 nitrogen and oxygen atoms in total. The van der Waals surface area contributed by atoms with Crippen molar-refractivity contribution in [1.29, 1.82) is 0 Å². The number of hydrogen-bond donors (Lipinski definition) is 1. The maximum atomic E-state index is 13.0. The van der Waals surface area contributed by atoms with Gasteiger partial charge in [0.05, 0.1) is 26.7 Å². The largest absolute Gasteiger partial charge is 0.495 e. The lowest BCUT2D eigenvalue weighted by Crippen LogP contribution is -2.40. The van der Waals surface area contributed by atoms with E-state index in [1.54, 1.807) is 12.1 Å². The fourth-order valence-corrected chi connectivity index (χ4v) is 4.57. The fourth-order valence-electron chi connectivity index (χ4n) is 2.98. The van der Waals surface area contributed by atoms with Crippen LogP contribution in [-0.4, -0.2) is 52.0 Å². The summed E-state index contributed by atoms with van der Waals surface area (Å²) in [6.07, 6.45) is 0.206. The third-order valence-electron chi connectivity index (χ3n) is 4.52. The monoisotopic (exact) mass is 404 g/mol. The summed E-state index contributed by atoms with van der Waals surface area (Å²) in [4.78, 5) is 12.4. The molecule has 1 aliphatic rings. The van der Waals surface area contributed by atoms with Crippen LogP contribution >= 0.6 is 0 Å². The minimum Gasteiger partial charge on any atom is -0.495 e. The lowest BCUT2D eigenvalue weighted by atomic mass is 10.1. The van der Waals surface area contributed by atoms with E-state index >= 15 is 0 Å². The van der Waals surface area contributed by atoms with E-state index in [2.05, 4.69) is 5.32 Å². The molecule has 150 valence electrons. The minimum absolute atomic E-state index is 0.0324. The summed E-state index contributed by atoms with van der Waals surface area (Å²) in [6.45, 7) is 3.27. The van der Waals surface area contributed by atoms with Crippen LogP contribution in [0.4, 0.5) is 5.69 Å². The summed E-state index contributed by atoms with van der Waals surface area (Å²) in [5, 5.41) is 2.77. The molecule has 2 aromatic rings. The predicted molar refractivity (Wildman–Crippen MR) is 106 cm³/mol. The highest BCUT2D eigenvalue weighted by Gasteiger charge is 2.29. The van der Waals surface area contributed by atoms with Gasteiger partial charge in [0.2, 0.25) is 15.9 Å². The number of nitrogens with zero attached hydrogens (tertiary/aromatic N) is 1. The average molecular weight is 404 g/mol. The number of aryl methyl sites for hydroxylation is 1. The third kappa shape index (κ3) is 4.70. The van der Waals surface area contributed by atoms with E-state index in [-0.39, 0.29) is 36.1 Å². The van der Waals surface area contributed by atoms with Crippen molar-refractivity contribution in [2.75, 3.05) is 38.7 Å². The number of anilines is 1. The molecule has 3 rings (SSSR count). The number of benzene rings is 2. The lowest BCUT2D eigenvalue weighted by molar-refractivity contribution is -0.115. The van der Waals surface area contributed by atoms with Crippen molar-refractivity contribution in [2.24, 2.45) is 0 Å². The average Bonchev–Trinajstić information content (AvgIpc) is 2.70. The van der Waals surface area contributed by atoms with Gasteiger partial charge in [0, 0.05) is 18.8 Å². The molecule has 0 aliphatic carbocycles. The summed E-state index contributed by atoms with van der Waals surface area (Å²) in [5.41, 5.74) is 2.42. The number of methoxy groups -OCH3 is 1. The Morgan fingerprint density at radius 2 is 1.82 bits per heavy atom. The molecule has 0 bridgehead atoms. The first-order valence-corrected chi connectivity index (χ1v) is 10.5. The van der Waals surface area contributed by atoms with E-state index < -0.39 is 10.0 Å². The second-order valence-corrected chi connectivity index (χ2v) is 8.50. The molecule has 8 heteroatoms. The van der Waals surface area contributed by atoms with Crippen molar-refractivity contribution in [3.05, 3.63) is 53.6 Å². The van der Waals surface area contributed by atoms with E-state index in [1.165, 1.54) is 17.5 Å². The van der Waals surface area contributed by atoms with Crippen LogP contribution in [0.3, 0.4) is 0 Å². The van der Waals surface area contributed by atoms with Gasteiger partial charge in [-0.15, -0.1) is 0 Å². The highest BCUT2D eigenvalue weighted by Crippen LogP contribution is 2.30. The van der Waals surface area contributed by atoms with Crippen molar-refractivity contribution in [3.8, 4) is 5.75 Å². The Bertz CT molecular complexity index is 936. The van der Waals surface area contributed by atoms with Gasteiger partial charge >= 0.3 is 0 Å². The molecular formula is C20H24N2O5S. The maximum absolute atomic E-state index is 13.0. The van der Waals surface area contributed by atoms with Crippen LogP contribution < -0.4 is 10.1 Å². The Labute approximate surface area is 165 Å². The Hall–Kier alpha value is -2.42. The smallest absolute Gasteiger partial charge is 0.246 e. The van der Waals surface area contributed by atoms with Crippen LogP contribution in [0.15, 0.2) is 47.4 Å². The molecule has 0 saturated carbocycles. The zero-order valence-corrected chi connectivity index (χ0v) is 16.8. The van der Waals surface area contributed by atoms with Crippen molar-refractivity contribution in [2.45, 2.75) is 18.2 Å². The number of amides is 1. The minimum atomic E-state index is -3.75. The van der Waals surface area contributed by atoms with Gasteiger partial charge in [0.15, 0.2) is 0 Å². The molecule has 28 heavy (non-hydrogen) atoms.